The fourth-order valence-electron chi connectivity index (χ4n) is 4.12. The third-order valence-corrected chi connectivity index (χ3v) is 5.76. The number of nitrogens with zero attached hydrogens (tertiary/aromatic N) is 4. The van der Waals surface area contributed by atoms with Crippen LogP contribution in [0.4, 0.5) is 0 Å². The van der Waals surface area contributed by atoms with Gasteiger partial charge in [0.25, 0.3) is 5.91 Å². The highest BCUT2D eigenvalue weighted by molar-refractivity contribution is 5.95. The van der Waals surface area contributed by atoms with Crippen molar-refractivity contribution >= 4 is 5.91 Å². The zero-order chi connectivity index (χ0) is 18.8. The molecule has 138 valence electrons. The molecule has 1 atom stereocenters. The van der Waals surface area contributed by atoms with Gasteiger partial charge in [0.05, 0.1) is 5.69 Å². The van der Waals surface area contributed by atoms with Gasteiger partial charge in [-0.1, -0.05) is 24.6 Å². The number of amides is 1. The maximum Gasteiger partial charge on any atom is 0.253 e. The van der Waals surface area contributed by atoms with E-state index in [-0.39, 0.29) is 5.91 Å². The third kappa shape index (κ3) is 3.58. The quantitative estimate of drug-likeness (QED) is 0.842. The molecule has 2 aromatic rings. The first-order valence-corrected chi connectivity index (χ1v) is 9.68. The molecule has 0 aliphatic carbocycles. The Balaban J connectivity index is 1.39. The van der Waals surface area contributed by atoms with E-state index >= 15 is 0 Å². The number of hydrogen-bond donors (Lipinski definition) is 0. The molecule has 0 radical (unpaired) electrons. The van der Waals surface area contributed by atoms with Gasteiger partial charge < -0.3 is 4.90 Å². The van der Waals surface area contributed by atoms with Crippen LogP contribution in [-0.2, 0) is 0 Å². The van der Waals surface area contributed by atoms with E-state index in [1.165, 1.54) is 19.3 Å². The van der Waals surface area contributed by atoms with Gasteiger partial charge >= 0.3 is 0 Å². The molecule has 0 N–H and O–H groups in total. The molecule has 2 fully saturated rings. The van der Waals surface area contributed by atoms with Gasteiger partial charge in [0, 0.05) is 36.3 Å². The van der Waals surface area contributed by atoms with Gasteiger partial charge in [0.2, 0.25) is 0 Å². The van der Waals surface area contributed by atoms with Crippen LogP contribution < -0.4 is 0 Å². The van der Waals surface area contributed by atoms with Crippen LogP contribution in [0.25, 0.3) is 11.3 Å². The first kappa shape index (κ1) is 17.7. The van der Waals surface area contributed by atoms with E-state index < -0.39 is 0 Å². The highest BCUT2D eigenvalue weighted by Crippen LogP contribution is 2.26. The van der Waals surface area contributed by atoms with Crippen molar-refractivity contribution in [2.24, 2.45) is 0 Å². The van der Waals surface area contributed by atoms with Gasteiger partial charge in [0.15, 0.2) is 0 Å². The molecule has 5 nitrogen and oxygen atoms in total. The van der Waals surface area contributed by atoms with E-state index in [4.69, 9.17) is 5.26 Å². The van der Waals surface area contributed by atoms with Gasteiger partial charge in [-0.3, -0.25) is 9.69 Å². The monoisotopic (exact) mass is 360 g/mol. The first-order chi connectivity index (χ1) is 13.2. The van der Waals surface area contributed by atoms with Crippen molar-refractivity contribution in [3.05, 3.63) is 53.7 Å². The van der Waals surface area contributed by atoms with Crippen molar-refractivity contribution in [1.29, 1.82) is 5.26 Å². The van der Waals surface area contributed by atoms with Crippen molar-refractivity contribution in [2.75, 3.05) is 19.6 Å². The summed E-state index contributed by atoms with van der Waals surface area (Å²) in [4.78, 5) is 21.6. The normalized spacial score (nSPS) is 20.7. The van der Waals surface area contributed by atoms with Crippen molar-refractivity contribution in [1.82, 2.24) is 14.8 Å². The molecule has 1 amide bonds. The zero-order valence-electron chi connectivity index (χ0n) is 15.6. The highest BCUT2D eigenvalue weighted by atomic mass is 16.2. The summed E-state index contributed by atoms with van der Waals surface area (Å²) in [5.74, 6) is 0.0983. The number of hydrogen-bond acceptors (Lipinski definition) is 4. The Kier molecular flexibility index (Phi) is 4.91. The van der Waals surface area contributed by atoms with E-state index in [1.807, 2.05) is 41.3 Å². The number of benzene rings is 1. The molecule has 27 heavy (non-hydrogen) atoms. The maximum atomic E-state index is 12.7. The number of carbonyl (C=O) groups excluding carboxylic acids is 1. The summed E-state index contributed by atoms with van der Waals surface area (Å²) >= 11 is 0. The number of pyridine rings is 1. The number of nitriles is 1. The summed E-state index contributed by atoms with van der Waals surface area (Å²) in [5.41, 5.74) is 2.76. The zero-order valence-corrected chi connectivity index (χ0v) is 15.6. The van der Waals surface area contributed by atoms with Gasteiger partial charge in [-0.2, -0.15) is 5.26 Å². The van der Waals surface area contributed by atoms with Gasteiger partial charge in [0.1, 0.15) is 11.8 Å². The fourth-order valence-corrected chi connectivity index (χ4v) is 4.12. The lowest BCUT2D eigenvalue weighted by molar-refractivity contribution is 0.00213. The Morgan fingerprint density at radius 2 is 1.93 bits per heavy atom. The topological polar surface area (TPSA) is 60.2 Å². The molecule has 0 spiro atoms. The van der Waals surface area contributed by atoms with Crippen LogP contribution in [0.1, 0.15) is 42.2 Å². The van der Waals surface area contributed by atoms with Gasteiger partial charge in [-0.05, 0) is 50.6 Å². The van der Waals surface area contributed by atoms with Crippen molar-refractivity contribution in [3.8, 4) is 17.3 Å². The molecule has 2 saturated heterocycles. The van der Waals surface area contributed by atoms with Crippen molar-refractivity contribution < 1.29 is 4.79 Å². The van der Waals surface area contributed by atoms with E-state index in [1.54, 1.807) is 6.07 Å². The predicted octanol–water partition coefficient (Wildman–Crippen LogP) is 3.32. The third-order valence-electron chi connectivity index (χ3n) is 5.76. The van der Waals surface area contributed by atoms with E-state index in [9.17, 15) is 4.79 Å². The lowest BCUT2D eigenvalue weighted by Crippen LogP contribution is -2.63. The lowest BCUT2D eigenvalue weighted by atomic mass is 9.97. The van der Waals surface area contributed by atoms with Crippen LogP contribution in [0.3, 0.4) is 0 Å². The first-order valence-electron chi connectivity index (χ1n) is 9.68. The Bertz CT molecular complexity index is 865. The maximum absolute atomic E-state index is 12.7. The number of aromatic nitrogens is 1. The summed E-state index contributed by atoms with van der Waals surface area (Å²) in [6.07, 6.45) is 3.87. The minimum absolute atomic E-state index is 0.0983. The second kappa shape index (κ2) is 7.50. The van der Waals surface area contributed by atoms with Crippen LogP contribution >= 0.6 is 0 Å². The van der Waals surface area contributed by atoms with Crippen molar-refractivity contribution in [2.45, 2.75) is 38.3 Å². The molecule has 0 bridgehead atoms. The van der Waals surface area contributed by atoms with E-state index in [2.05, 4.69) is 22.9 Å². The fraction of sp³-hybridized carbons (Fsp3) is 0.409. The smallest absolute Gasteiger partial charge is 0.253 e. The molecule has 2 aliphatic rings. The Morgan fingerprint density at radius 1 is 1.15 bits per heavy atom. The molecule has 0 unspecified atom stereocenters. The Labute approximate surface area is 160 Å². The number of carbonyl (C=O) groups is 1. The Hall–Kier alpha value is -2.71. The lowest BCUT2D eigenvalue weighted by Gasteiger charge is -2.49. The molecule has 1 aromatic heterocycles. The summed E-state index contributed by atoms with van der Waals surface area (Å²) in [6, 6.07) is 16.1. The van der Waals surface area contributed by atoms with Gasteiger partial charge in [-0.15, -0.1) is 0 Å². The second-order valence-electron chi connectivity index (χ2n) is 7.54. The summed E-state index contributed by atoms with van der Waals surface area (Å²) < 4.78 is 0. The predicted molar refractivity (Wildman–Crippen MR) is 104 cm³/mol. The number of piperidine rings is 1. The average molecular weight is 360 g/mol. The van der Waals surface area contributed by atoms with Gasteiger partial charge in [-0.25, -0.2) is 4.98 Å². The van der Waals surface area contributed by atoms with Crippen LogP contribution in [0.5, 0.6) is 0 Å². The van der Waals surface area contributed by atoms with E-state index in [0.717, 1.165) is 30.9 Å². The van der Waals surface area contributed by atoms with Crippen LogP contribution in [-0.4, -0.2) is 52.4 Å². The molecular formula is C22H24N4O. The molecular weight excluding hydrogens is 336 g/mol. The Morgan fingerprint density at radius 3 is 2.63 bits per heavy atom. The molecule has 4 rings (SSSR count). The minimum Gasteiger partial charge on any atom is -0.335 e. The number of likely N-dealkylation sites (tertiary alicyclic amines) is 2. The average Bonchev–Trinajstić information content (AvgIpc) is 2.68. The standard InChI is InChI=1S/C22H24N4O/c1-16-5-2-3-12-26(16)20-14-25(15-20)22(27)18-10-8-17(9-11-18)21-7-4-6-19(13-23)24-21/h4,6-11,16,20H,2-3,5,12,14-15H2,1H3/t16-/m0/s1. The second-order valence-corrected chi connectivity index (χ2v) is 7.54. The molecule has 5 heteroatoms. The highest BCUT2D eigenvalue weighted by Gasteiger charge is 2.37. The molecule has 3 heterocycles. The SMILES string of the molecule is C[C@H]1CCCCN1C1CN(C(=O)c2ccc(-c3cccc(C#N)n3)cc2)C1. The van der Waals surface area contributed by atoms with E-state index in [0.29, 0.717) is 23.3 Å². The summed E-state index contributed by atoms with van der Waals surface area (Å²) in [5, 5.41) is 8.99. The largest absolute Gasteiger partial charge is 0.335 e. The molecule has 0 saturated carbocycles. The number of rotatable bonds is 3. The summed E-state index contributed by atoms with van der Waals surface area (Å²) in [7, 11) is 0. The van der Waals surface area contributed by atoms with Crippen LogP contribution in [0.2, 0.25) is 0 Å². The van der Waals surface area contributed by atoms with Crippen molar-refractivity contribution in [3.63, 3.8) is 0 Å². The van der Waals surface area contributed by atoms with Crippen LogP contribution in [0.15, 0.2) is 42.5 Å². The molecule has 2 aliphatic heterocycles. The van der Waals surface area contributed by atoms with Crippen LogP contribution in [0, 0.1) is 11.3 Å². The minimum atomic E-state index is 0.0983. The molecule has 1 aromatic carbocycles. The summed E-state index contributed by atoms with van der Waals surface area (Å²) in [6.45, 7) is 5.13.